The summed E-state index contributed by atoms with van der Waals surface area (Å²) in [5.74, 6) is 1.64. The lowest BCUT2D eigenvalue weighted by molar-refractivity contribution is 0.143. The molecule has 2 N–H and O–H groups in total. The minimum Gasteiger partial charge on any atom is -0.384 e. The molecule has 1 aromatic carbocycles. The molecule has 1 unspecified atom stereocenters. The van der Waals surface area contributed by atoms with Crippen molar-refractivity contribution in [1.82, 2.24) is 4.98 Å². The summed E-state index contributed by atoms with van der Waals surface area (Å²) in [6.45, 7) is 3.41. The largest absolute Gasteiger partial charge is 0.384 e. The summed E-state index contributed by atoms with van der Waals surface area (Å²) >= 11 is 0. The van der Waals surface area contributed by atoms with Crippen LogP contribution in [-0.2, 0) is 11.3 Å². The molecule has 0 saturated carbocycles. The van der Waals surface area contributed by atoms with E-state index in [4.69, 9.17) is 15.5 Å². The second-order valence-electron chi connectivity index (χ2n) is 5.78. The monoisotopic (exact) mass is 285 g/mol. The van der Waals surface area contributed by atoms with Gasteiger partial charge in [0.25, 0.3) is 0 Å². The van der Waals surface area contributed by atoms with E-state index >= 15 is 0 Å². The maximum absolute atomic E-state index is 5.95. The van der Waals surface area contributed by atoms with E-state index in [2.05, 4.69) is 23.1 Å². The Balaban J connectivity index is 1.94. The molecular weight excluding hydrogens is 262 g/mol. The van der Waals surface area contributed by atoms with E-state index in [1.165, 1.54) is 12.8 Å². The van der Waals surface area contributed by atoms with Crippen molar-refractivity contribution >= 4 is 16.7 Å². The number of fused-ring (bicyclic) bond motifs is 1. The maximum atomic E-state index is 5.95. The number of rotatable bonds is 4. The third-order valence-corrected chi connectivity index (χ3v) is 4.22. The standard InChI is InChI=1S/C17H23N3O/c1-21-12-13-5-4-8-20(11-13)17-15(10-18)9-14-6-2-3-7-16(14)19-17/h2-3,6-7,9,13H,4-5,8,10-12,18H2,1H3. The Morgan fingerprint density at radius 1 is 1.38 bits per heavy atom. The zero-order valence-electron chi connectivity index (χ0n) is 12.6. The number of piperidine rings is 1. The Morgan fingerprint density at radius 3 is 3.05 bits per heavy atom. The third kappa shape index (κ3) is 3.01. The molecule has 4 nitrogen and oxygen atoms in total. The Labute approximate surface area is 125 Å². The molecule has 3 rings (SSSR count). The number of aromatic nitrogens is 1. The van der Waals surface area contributed by atoms with Crippen LogP contribution in [-0.4, -0.2) is 31.8 Å². The van der Waals surface area contributed by atoms with Gasteiger partial charge in [-0.2, -0.15) is 0 Å². The lowest BCUT2D eigenvalue weighted by atomic mass is 9.98. The molecule has 1 aliphatic rings. The molecular formula is C17H23N3O. The molecule has 0 amide bonds. The molecule has 0 spiro atoms. The van der Waals surface area contributed by atoms with Gasteiger partial charge >= 0.3 is 0 Å². The predicted molar refractivity (Wildman–Crippen MR) is 86.4 cm³/mol. The van der Waals surface area contributed by atoms with Crippen molar-refractivity contribution in [3.8, 4) is 0 Å². The van der Waals surface area contributed by atoms with Gasteiger partial charge in [-0.3, -0.25) is 0 Å². The van der Waals surface area contributed by atoms with Crippen LogP contribution in [0.2, 0.25) is 0 Å². The number of para-hydroxylation sites is 1. The smallest absolute Gasteiger partial charge is 0.133 e. The number of benzene rings is 1. The maximum Gasteiger partial charge on any atom is 0.133 e. The minimum atomic E-state index is 0.526. The Bertz CT molecular complexity index is 612. The first-order chi connectivity index (χ1) is 10.3. The third-order valence-electron chi connectivity index (χ3n) is 4.22. The first kappa shape index (κ1) is 14.3. The minimum absolute atomic E-state index is 0.526. The van der Waals surface area contributed by atoms with Gasteiger partial charge in [-0.1, -0.05) is 18.2 Å². The van der Waals surface area contributed by atoms with Crippen LogP contribution < -0.4 is 10.6 Å². The fourth-order valence-corrected chi connectivity index (χ4v) is 3.20. The van der Waals surface area contributed by atoms with Crippen molar-refractivity contribution in [2.24, 2.45) is 11.7 Å². The Hall–Kier alpha value is -1.65. The molecule has 1 aromatic heterocycles. The lowest BCUT2D eigenvalue weighted by Crippen LogP contribution is -2.38. The van der Waals surface area contributed by atoms with Gasteiger partial charge in [-0.05, 0) is 30.9 Å². The van der Waals surface area contributed by atoms with Crippen molar-refractivity contribution in [1.29, 1.82) is 0 Å². The van der Waals surface area contributed by atoms with Crippen molar-refractivity contribution < 1.29 is 4.74 Å². The van der Waals surface area contributed by atoms with Crippen LogP contribution in [0, 0.1) is 5.92 Å². The highest BCUT2D eigenvalue weighted by molar-refractivity contribution is 5.81. The van der Waals surface area contributed by atoms with Crippen molar-refractivity contribution in [3.05, 3.63) is 35.9 Å². The Kier molecular flexibility index (Phi) is 4.36. The highest BCUT2D eigenvalue weighted by Crippen LogP contribution is 2.27. The van der Waals surface area contributed by atoms with Gasteiger partial charge < -0.3 is 15.4 Å². The molecule has 1 aliphatic heterocycles. The molecule has 0 radical (unpaired) electrons. The van der Waals surface area contributed by atoms with Crippen molar-refractivity contribution in [2.45, 2.75) is 19.4 Å². The first-order valence-electron chi connectivity index (χ1n) is 7.64. The normalized spacial score (nSPS) is 19.1. The summed E-state index contributed by atoms with van der Waals surface area (Å²) in [7, 11) is 1.78. The van der Waals surface area contributed by atoms with E-state index < -0.39 is 0 Å². The van der Waals surface area contributed by atoms with Gasteiger partial charge in [-0.25, -0.2) is 4.98 Å². The van der Waals surface area contributed by atoms with E-state index in [1.807, 2.05) is 12.1 Å². The number of nitrogens with zero attached hydrogens (tertiary/aromatic N) is 2. The highest BCUT2D eigenvalue weighted by Gasteiger charge is 2.22. The van der Waals surface area contributed by atoms with Gasteiger partial charge in [0, 0.05) is 37.7 Å². The van der Waals surface area contributed by atoms with Crippen LogP contribution in [0.5, 0.6) is 0 Å². The average molecular weight is 285 g/mol. The number of methoxy groups -OCH3 is 1. The number of pyridine rings is 1. The van der Waals surface area contributed by atoms with Crippen molar-refractivity contribution in [2.75, 3.05) is 31.7 Å². The zero-order chi connectivity index (χ0) is 14.7. The molecule has 0 aliphatic carbocycles. The highest BCUT2D eigenvalue weighted by atomic mass is 16.5. The second-order valence-corrected chi connectivity index (χ2v) is 5.78. The van der Waals surface area contributed by atoms with Crippen LogP contribution in [0.15, 0.2) is 30.3 Å². The Morgan fingerprint density at radius 2 is 2.24 bits per heavy atom. The average Bonchev–Trinajstić information content (AvgIpc) is 2.54. The molecule has 1 atom stereocenters. The van der Waals surface area contributed by atoms with Crippen LogP contribution >= 0.6 is 0 Å². The number of anilines is 1. The van der Waals surface area contributed by atoms with Gasteiger partial charge in [0.05, 0.1) is 12.1 Å². The summed E-state index contributed by atoms with van der Waals surface area (Å²) in [5, 5.41) is 1.16. The van der Waals surface area contributed by atoms with Gasteiger partial charge in [0.1, 0.15) is 5.82 Å². The molecule has 112 valence electrons. The van der Waals surface area contributed by atoms with E-state index in [0.29, 0.717) is 12.5 Å². The molecule has 0 bridgehead atoms. The first-order valence-corrected chi connectivity index (χ1v) is 7.64. The predicted octanol–water partition coefficient (Wildman–Crippen LogP) is 2.56. The fourth-order valence-electron chi connectivity index (χ4n) is 3.20. The summed E-state index contributed by atoms with van der Waals surface area (Å²) < 4.78 is 5.32. The molecule has 2 heterocycles. The number of hydrogen-bond acceptors (Lipinski definition) is 4. The van der Waals surface area contributed by atoms with Gasteiger partial charge in [0.2, 0.25) is 0 Å². The van der Waals surface area contributed by atoms with Crippen LogP contribution in [0.4, 0.5) is 5.82 Å². The molecule has 4 heteroatoms. The van der Waals surface area contributed by atoms with Crippen LogP contribution in [0.1, 0.15) is 18.4 Å². The topological polar surface area (TPSA) is 51.4 Å². The zero-order valence-corrected chi connectivity index (χ0v) is 12.6. The van der Waals surface area contributed by atoms with E-state index in [0.717, 1.165) is 42.0 Å². The van der Waals surface area contributed by atoms with E-state index in [-0.39, 0.29) is 0 Å². The van der Waals surface area contributed by atoms with Crippen LogP contribution in [0.25, 0.3) is 10.9 Å². The molecule has 21 heavy (non-hydrogen) atoms. The fraction of sp³-hybridized carbons (Fsp3) is 0.471. The second kappa shape index (κ2) is 6.41. The summed E-state index contributed by atoms with van der Waals surface area (Å²) in [6, 6.07) is 10.4. The summed E-state index contributed by atoms with van der Waals surface area (Å²) in [6.07, 6.45) is 2.42. The molecule has 1 fully saturated rings. The number of nitrogens with two attached hydrogens (primary N) is 1. The van der Waals surface area contributed by atoms with Gasteiger partial charge in [-0.15, -0.1) is 0 Å². The molecule has 2 aromatic rings. The quantitative estimate of drug-likeness (QED) is 0.938. The van der Waals surface area contributed by atoms with Gasteiger partial charge in [0.15, 0.2) is 0 Å². The molecule has 1 saturated heterocycles. The number of ether oxygens (including phenoxy) is 1. The van der Waals surface area contributed by atoms with E-state index in [1.54, 1.807) is 7.11 Å². The van der Waals surface area contributed by atoms with Crippen molar-refractivity contribution in [3.63, 3.8) is 0 Å². The summed E-state index contributed by atoms with van der Waals surface area (Å²) in [4.78, 5) is 7.25. The summed E-state index contributed by atoms with van der Waals surface area (Å²) in [5.41, 5.74) is 8.12. The lowest BCUT2D eigenvalue weighted by Gasteiger charge is -2.34. The SMILES string of the molecule is COCC1CCCN(c2nc3ccccc3cc2CN)C1. The van der Waals surface area contributed by atoms with Crippen LogP contribution in [0.3, 0.4) is 0 Å². The van der Waals surface area contributed by atoms with E-state index in [9.17, 15) is 0 Å². The number of hydrogen-bond donors (Lipinski definition) is 1.